The number of hydrazone groups is 1. The first kappa shape index (κ1) is 14.4. The minimum Gasteiger partial charge on any atom is -0.306 e. The van der Waals surface area contributed by atoms with Gasteiger partial charge in [-0.3, -0.25) is 5.43 Å². The Morgan fingerprint density at radius 3 is 2.68 bits per heavy atom. The van der Waals surface area contributed by atoms with Crippen LogP contribution in [0.2, 0.25) is 5.02 Å². The summed E-state index contributed by atoms with van der Waals surface area (Å²) in [5.41, 5.74) is 6.90. The van der Waals surface area contributed by atoms with Gasteiger partial charge >= 0.3 is 0 Å². The number of hydrogen-bond donors (Lipinski definition) is 1. The average Bonchev–Trinajstić information content (AvgIpc) is 3.07. The fourth-order valence-electron chi connectivity index (χ4n) is 2.06. The summed E-state index contributed by atoms with van der Waals surface area (Å²) in [6.45, 7) is 1.96. The van der Waals surface area contributed by atoms with Crippen molar-refractivity contribution < 1.29 is 0 Å². The van der Waals surface area contributed by atoms with Crippen LogP contribution in [0.1, 0.15) is 12.5 Å². The molecule has 22 heavy (non-hydrogen) atoms. The molecule has 2 aromatic carbocycles. The molecule has 0 radical (unpaired) electrons. The van der Waals surface area contributed by atoms with Crippen molar-refractivity contribution in [2.75, 3.05) is 5.43 Å². The van der Waals surface area contributed by atoms with Crippen molar-refractivity contribution >= 4 is 23.0 Å². The van der Waals surface area contributed by atoms with Gasteiger partial charge in [-0.25, -0.2) is 4.98 Å². The zero-order chi connectivity index (χ0) is 15.4. The van der Waals surface area contributed by atoms with Gasteiger partial charge in [-0.05, 0) is 42.8 Å². The second kappa shape index (κ2) is 6.45. The summed E-state index contributed by atoms with van der Waals surface area (Å²) in [6, 6.07) is 15.6. The monoisotopic (exact) mass is 310 g/mol. The van der Waals surface area contributed by atoms with Crippen LogP contribution >= 0.6 is 11.6 Å². The number of halogens is 1. The molecular weight excluding hydrogens is 296 g/mol. The van der Waals surface area contributed by atoms with Crippen LogP contribution in [0.4, 0.5) is 5.69 Å². The summed E-state index contributed by atoms with van der Waals surface area (Å²) < 4.78 is 1.96. The van der Waals surface area contributed by atoms with Crippen LogP contribution in [0.15, 0.2) is 72.4 Å². The number of imidazole rings is 1. The number of hydrogen-bond acceptors (Lipinski definition) is 3. The molecule has 5 heteroatoms. The molecule has 0 unspecified atom stereocenters. The van der Waals surface area contributed by atoms with Crippen LogP contribution in [0.5, 0.6) is 0 Å². The molecule has 1 N–H and O–H groups in total. The topological polar surface area (TPSA) is 42.2 Å². The molecule has 4 nitrogen and oxygen atoms in total. The summed E-state index contributed by atoms with van der Waals surface area (Å²) in [6.07, 6.45) is 5.45. The Hall–Kier alpha value is -2.59. The lowest BCUT2D eigenvalue weighted by atomic mass is 10.1. The van der Waals surface area contributed by atoms with Gasteiger partial charge in [0, 0.05) is 23.1 Å². The quantitative estimate of drug-likeness (QED) is 0.574. The predicted molar refractivity (Wildman–Crippen MR) is 90.8 cm³/mol. The van der Waals surface area contributed by atoms with E-state index in [-0.39, 0.29) is 0 Å². The van der Waals surface area contributed by atoms with E-state index in [9.17, 15) is 0 Å². The molecule has 0 saturated heterocycles. The second-order valence-electron chi connectivity index (χ2n) is 4.84. The van der Waals surface area contributed by atoms with Crippen molar-refractivity contribution in [3.63, 3.8) is 0 Å². The maximum absolute atomic E-state index is 5.95. The van der Waals surface area contributed by atoms with Crippen molar-refractivity contribution in [1.29, 1.82) is 0 Å². The van der Waals surface area contributed by atoms with Crippen molar-refractivity contribution in [1.82, 2.24) is 9.55 Å². The molecule has 1 heterocycles. The summed E-state index contributed by atoms with van der Waals surface area (Å²) in [5, 5.41) is 5.07. The van der Waals surface area contributed by atoms with Crippen LogP contribution < -0.4 is 5.43 Å². The molecule has 0 atom stereocenters. The maximum Gasteiger partial charge on any atom is 0.0991 e. The lowest BCUT2D eigenvalue weighted by Crippen LogP contribution is -2.00. The first-order valence-electron chi connectivity index (χ1n) is 6.87. The number of rotatable bonds is 4. The van der Waals surface area contributed by atoms with Gasteiger partial charge in [-0.15, -0.1) is 0 Å². The van der Waals surface area contributed by atoms with Crippen LogP contribution in [-0.4, -0.2) is 15.3 Å². The van der Waals surface area contributed by atoms with Gasteiger partial charge in [0.1, 0.15) is 0 Å². The molecular formula is C17H15ClN4. The number of nitrogens with zero attached hydrogens (tertiary/aromatic N) is 3. The van der Waals surface area contributed by atoms with Crippen molar-refractivity contribution in [2.45, 2.75) is 6.92 Å². The lowest BCUT2D eigenvalue weighted by Gasteiger charge is -2.06. The maximum atomic E-state index is 5.95. The first-order chi connectivity index (χ1) is 10.7. The van der Waals surface area contributed by atoms with Gasteiger partial charge in [0.25, 0.3) is 0 Å². The van der Waals surface area contributed by atoms with E-state index in [4.69, 9.17) is 11.6 Å². The average molecular weight is 311 g/mol. The van der Waals surface area contributed by atoms with Gasteiger partial charge in [0.2, 0.25) is 0 Å². The molecule has 0 bridgehead atoms. The Balaban J connectivity index is 1.74. The van der Waals surface area contributed by atoms with Gasteiger partial charge in [-0.2, -0.15) is 5.10 Å². The lowest BCUT2D eigenvalue weighted by molar-refractivity contribution is 1.06. The molecule has 0 aliphatic heterocycles. The highest BCUT2D eigenvalue weighted by atomic mass is 35.5. The summed E-state index contributed by atoms with van der Waals surface area (Å²) >= 11 is 5.95. The van der Waals surface area contributed by atoms with Gasteiger partial charge < -0.3 is 4.57 Å². The standard InChI is InChI=1S/C17H15ClN4/c1-13(20-21-16-4-2-3-15(18)11-16)14-5-7-17(8-6-14)22-10-9-19-12-22/h2-12,21H,1H3/b20-13-. The van der Waals surface area contributed by atoms with Crippen LogP contribution in [0.3, 0.4) is 0 Å². The van der Waals surface area contributed by atoms with E-state index in [2.05, 4.69) is 15.5 Å². The van der Waals surface area contributed by atoms with Crippen LogP contribution in [-0.2, 0) is 0 Å². The minimum absolute atomic E-state index is 0.683. The third-order valence-electron chi connectivity index (χ3n) is 3.26. The Morgan fingerprint density at radius 2 is 2.00 bits per heavy atom. The normalized spacial score (nSPS) is 11.5. The molecule has 1 aromatic heterocycles. The van der Waals surface area contributed by atoms with E-state index < -0.39 is 0 Å². The second-order valence-corrected chi connectivity index (χ2v) is 5.27. The van der Waals surface area contributed by atoms with Crippen LogP contribution in [0.25, 0.3) is 5.69 Å². The van der Waals surface area contributed by atoms with Crippen molar-refractivity contribution in [3.05, 3.63) is 77.8 Å². The highest BCUT2D eigenvalue weighted by molar-refractivity contribution is 6.30. The minimum atomic E-state index is 0.683. The van der Waals surface area contributed by atoms with E-state index in [1.807, 2.05) is 66.2 Å². The third-order valence-corrected chi connectivity index (χ3v) is 3.50. The predicted octanol–water partition coefficient (Wildman–Crippen LogP) is 4.36. The fourth-order valence-corrected chi connectivity index (χ4v) is 2.25. The van der Waals surface area contributed by atoms with Gasteiger partial charge in [0.15, 0.2) is 0 Å². The number of benzene rings is 2. The summed E-state index contributed by atoms with van der Waals surface area (Å²) in [4.78, 5) is 4.04. The molecule has 0 fully saturated rings. The number of nitrogens with one attached hydrogen (secondary N) is 1. The van der Waals surface area contributed by atoms with Crippen molar-refractivity contribution in [2.24, 2.45) is 5.10 Å². The van der Waals surface area contributed by atoms with E-state index in [0.29, 0.717) is 5.02 Å². The Bertz CT molecular complexity index is 777. The molecule has 0 aliphatic rings. The van der Waals surface area contributed by atoms with E-state index in [1.165, 1.54) is 0 Å². The molecule has 0 amide bonds. The first-order valence-corrected chi connectivity index (χ1v) is 7.25. The van der Waals surface area contributed by atoms with Gasteiger partial charge in [0.05, 0.1) is 17.7 Å². The zero-order valence-electron chi connectivity index (χ0n) is 12.1. The number of anilines is 1. The molecule has 110 valence electrons. The zero-order valence-corrected chi connectivity index (χ0v) is 12.8. The molecule has 0 aliphatic carbocycles. The molecule has 3 aromatic rings. The largest absolute Gasteiger partial charge is 0.306 e. The Kier molecular flexibility index (Phi) is 4.21. The SMILES string of the molecule is C/C(=N/Nc1cccc(Cl)c1)c1ccc(-n2ccnc2)cc1. The number of aromatic nitrogens is 2. The van der Waals surface area contributed by atoms with E-state index in [0.717, 1.165) is 22.6 Å². The molecule has 0 spiro atoms. The Labute approximate surface area is 134 Å². The van der Waals surface area contributed by atoms with Crippen LogP contribution in [0, 0.1) is 0 Å². The Morgan fingerprint density at radius 1 is 1.18 bits per heavy atom. The molecule has 3 rings (SSSR count). The highest BCUT2D eigenvalue weighted by Crippen LogP contribution is 2.15. The van der Waals surface area contributed by atoms with E-state index in [1.54, 1.807) is 12.5 Å². The molecule has 0 saturated carbocycles. The summed E-state index contributed by atoms with van der Waals surface area (Å²) in [7, 11) is 0. The highest BCUT2D eigenvalue weighted by Gasteiger charge is 2.00. The summed E-state index contributed by atoms with van der Waals surface area (Å²) in [5.74, 6) is 0. The third kappa shape index (κ3) is 3.35. The smallest absolute Gasteiger partial charge is 0.0991 e. The van der Waals surface area contributed by atoms with Crippen molar-refractivity contribution in [3.8, 4) is 5.69 Å². The van der Waals surface area contributed by atoms with Gasteiger partial charge in [-0.1, -0.05) is 29.8 Å². The fraction of sp³-hybridized carbons (Fsp3) is 0.0588. The van der Waals surface area contributed by atoms with E-state index >= 15 is 0 Å².